The Morgan fingerprint density at radius 3 is 2.33 bits per heavy atom. The van der Waals surface area contributed by atoms with Crippen molar-refractivity contribution in [2.75, 3.05) is 11.7 Å². The number of aliphatic carboxylic acids is 2. The summed E-state index contributed by atoms with van der Waals surface area (Å²) in [6.07, 6.45) is -0.690. The molecule has 68 valence electrons. The topological polar surface area (TPSA) is 83.8 Å². The average Bonchev–Trinajstić information content (AvgIpc) is 2.37. The molecule has 2 N–H and O–H groups in total. The van der Waals surface area contributed by atoms with E-state index >= 15 is 0 Å². The first kappa shape index (κ1) is 9.34. The Balaban J connectivity index is 2.64. The zero-order valence-corrected chi connectivity index (χ0v) is 6.91. The Morgan fingerprint density at radius 1 is 1.42 bits per heavy atom. The molecular formula is C6H8O5S. The highest BCUT2D eigenvalue weighted by Gasteiger charge is 2.37. The van der Waals surface area contributed by atoms with Gasteiger partial charge < -0.3 is 14.9 Å². The van der Waals surface area contributed by atoms with Crippen molar-refractivity contribution in [1.29, 1.82) is 0 Å². The summed E-state index contributed by atoms with van der Waals surface area (Å²) in [5.74, 6) is -3.30. The molecule has 0 aliphatic carbocycles. The van der Waals surface area contributed by atoms with Gasteiger partial charge in [-0.05, 0) is 0 Å². The fraction of sp³-hybridized carbons (Fsp3) is 0.667. The lowest BCUT2D eigenvalue weighted by atomic mass is 10.0. The van der Waals surface area contributed by atoms with Crippen LogP contribution in [0.5, 0.6) is 0 Å². The summed E-state index contributed by atoms with van der Waals surface area (Å²) in [7, 11) is 0. The van der Waals surface area contributed by atoms with Crippen LogP contribution in [0.25, 0.3) is 0 Å². The molecule has 5 nitrogen and oxygen atoms in total. The SMILES string of the molecule is O=C(O)C(C(=O)O)[C@H]1CSCO1. The molecule has 0 saturated carbocycles. The molecule has 0 bridgehead atoms. The molecule has 1 fully saturated rings. The fourth-order valence-corrected chi connectivity index (χ4v) is 1.85. The summed E-state index contributed by atoms with van der Waals surface area (Å²) < 4.78 is 4.94. The predicted molar refractivity (Wildman–Crippen MR) is 41.0 cm³/mol. The van der Waals surface area contributed by atoms with Crippen molar-refractivity contribution in [3.05, 3.63) is 0 Å². The first-order valence-electron chi connectivity index (χ1n) is 3.28. The number of carboxylic acid groups (broad SMARTS) is 2. The zero-order chi connectivity index (χ0) is 9.14. The summed E-state index contributed by atoms with van der Waals surface area (Å²) in [6.45, 7) is 0. The molecule has 1 aliphatic heterocycles. The second kappa shape index (κ2) is 3.77. The van der Waals surface area contributed by atoms with Crippen molar-refractivity contribution in [2.45, 2.75) is 6.10 Å². The van der Waals surface area contributed by atoms with Crippen LogP contribution in [0, 0.1) is 5.92 Å². The standard InChI is InChI=1S/C6H8O5S/c7-5(8)4(6(9)10)3-1-12-2-11-3/h3-4H,1-2H2,(H,7,8)(H,9,10)/t3-/m1/s1. The van der Waals surface area contributed by atoms with Gasteiger partial charge in [-0.25, -0.2) is 0 Å². The number of hydrogen-bond acceptors (Lipinski definition) is 4. The molecular weight excluding hydrogens is 184 g/mol. The Kier molecular flexibility index (Phi) is 2.93. The average molecular weight is 192 g/mol. The second-order valence-corrected chi connectivity index (χ2v) is 3.33. The van der Waals surface area contributed by atoms with Crippen LogP contribution < -0.4 is 0 Å². The first-order valence-corrected chi connectivity index (χ1v) is 4.43. The number of ether oxygens (including phenoxy) is 1. The van der Waals surface area contributed by atoms with E-state index in [9.17, 15) is 9.59 Å². The van der Waals surface area contributed by atoms with Gasteiger partial charge in [0.1, 0.15) is 0 Å². The van der Waals surface area contributed by atoms with E-state index in [2.05, 4.69) is 0 Å². The minimum absolute atomic E-state index is 0.377. The molecule has 1 atom stereocenters. The molecule has 1 heterocycles. The third-order valence-corrected chi connectivity index (χ3v) is 2.42. The molecule has 1 aliphatic rings. The van der Waals surface area contributed by atoms with Crippen LogP contribution in [0.4, 0.5) is 0 Å². The van der Waals surface area contributed by atoms with Gasteiger partial charge in [-0.3, -0.25) is 9.59 Å². The van der Waals surface area contributed by atoms with Crippen molar-refractivity contribution in [2.24, 2.45) is 5.92 Å². The summed E-state index contributed by atoms with van der Waals surface area (Å²) in [5.41, 5.74) is 0. The van der Waals surface area contributed by atoms with Crippen molar-refractivity contribution in [3.63, 3.8) is 0 Å². The lowest BCUT2D eigenvalue weighted by molar-refractivity contribution is -0.159. The van der Waals surface area contributed by atoms with E-state index in [4.69, 9.17) is 14.9 Å². The van der Waals surface area contributed by atoms with Gasteiger partial charge in [0.15, 0.2) is 5.92 Å². The number of thioether (sulfide) groups is 1. The van der Waals surface area contributed by atoms with Gasteiger partial charge in [-0.1, -0.05) is 0 Å². The van der Waals surface area contributed by atoms with E-state index in [0.29, 0.717) is 11.7 Å². The van der Waals surface area contributed by atoms with Crippen LogP contribution in [0.15, 0.2) is 0 Å². The summed E-state index contributed by atoms with van der Waals surface area (Å²) in [5, 5.41) is 17.1. The molecule has 12 heavy (non-hydrogen) atoms. The molecule has 0 spiro atoms. The van der Waals surface area contributed by atoms with Gasteiger partial charge >= 0.3 is 11.9 Å². The molecule has 0 unspecified atom stereocenters. The number of hydrogen-bond donors (Lipinski definition) is 2. The molecule has 0 radical (unpaired) electrons. The van der Waals surface area contributed by atoms with Crippen molar-refractivity contribution >= 4 is 23.7 Å². The maximum absolute atomic E-state index is 10.5. The maximum Gasteiger partial charge on any atom is 0.320 e. The smallest absolute Gasteiger partial charge is 0.320 e. The lowest BCUT2D eigenvalue weighted by Crippen LogP contribution is -2.36. The normalized spacial score (nSPS) is 22.9. The van der Waals surface area contributed by atoms with Crippen LogP contribution in [-0.4, -0.2) is 39.9 Å². The monoisotopic (exact) mass is 192 g/mol. The maximum atomic E-state index is 10.5. The summed E-state index contributed by atoms with van der Waals surface area (Å²) in [6, 6.07) is 0. The number of carbonyl (C=O) groups is 2. The summed E-state index contributed by atoms with van der Waals surface area (Å²) in [4.78, 5) is 20.9. The predicted octanol–water partition coefficient (Wildman–Crippen LogP) is -0.139. The Morgan fingerprint density at radius 2 is 2.00 bits per heavy atom. The van der Waals surface area contributed by atoms with E-state index < -0.39 is 24.0 Å². The van der Waals surface area contributed by atoms with Gasteiger partial charge in [-0.2, -0.15) is 0 Å². The number of carboxylic acids is 2. The van der Waals surface area contributed by atoms with E-state index in [1.54, 1.807) is 0 Å². The first-order chi connectivity index (χ1) is 5.63. The molecule has 1 rings (SSSR count). The molecule has 6 heteroatoms. The highest BCUT2D eigenvalue weighted by Crippen LogP contribution is 2.22. The van der Waals surface area contributed by atoms with Crippen LogP contribution in [0.2, 0.25) is 0 Å². The molecule has 0 aromatic heterocycles. The van der Waals surface area contributed by atoms with E-state index in [0.717, 1.165) is 0 Å². The lowest BCUT2D eigenvalue weighted by Gasteiger charge is -2.12. The van der Waals surface area contributed by atoms with Crippen LogP contribution in [0.1, 0.15) is 0 Å². The minimum Gasteiger partial charge on any atom is -0.481 e. The minimum atomic E-state index is -1.43. The number of rotatable bonds is 3. The Labute approximate surface area is 72.7 Å². The van der Waals surface area contributed by atoms with Gasteiger partial charge in [0.25, 0.3) is 0 Å². The molecule has 1 saturated heterocycles. The highest BCUT2D eigenvalue weighted by molar-refractivity contribution is 7.99. The fourth-order valence-electron chi connectivity index (χ4n) is 0.964. The van der Waals surface area contributed by atoms with E-state index in [-0.39, 0.29) is 0 Å². The zero-order valence-electron chi connectivity index (χ0n) is 6.10. The Hall–Kier alpha value is -0.750. The van der Waals surface area contributed by atoms with Gasteiger partial charge in [0, 0.05) is 5.75 Å². The summed E-state index contributed by atoms with van der Waals surface area (Å²) >= 11 is 1.40. The van der Waals surface area contributed by atoms with Crippen molar-refractivity contribution in [1.82, 2.24) is 0 Å². The third-order valence-electron chi connectivity index (χ3n) is 1.55. The van der Waals surface area contributed by atoms with Gasteiger partial charge in [-0.15, -0.1) is 11.8 Å². The van der Waals surface area contributed by atoms with Gasteiger partial charge in [0.05, 0.1) is 12.0 Å². The second-order valence-electron chi connectivity index (χ2n) is 2.35. The van der Waals surface area contributed by atoms with Crippen LogP contribution in [-0.2, 0) is 14.3 Å². The molecule has 0 amide bonds. The Bertz CT molecular complexity index is 184. The van der Waals surface area contributed by atoms with E-state index in [1.165, 1.54) is 11.8 Å². The highest BCUT2D eigenvalue weighted by atomic mass is 32.2. The van der Waals surface area contributed by atoms with Crippen molar-refractivity contribution < 1.29 is 24.5 Å². The largest absolute Gasteiger partial charge is 0.481 e. The third kappa shape index (κ3) is 1.89. The van der Waals surface area contributed by atoms with Gasteiger partial charge in [0.2, 0.25) is 0 Å². The molecule has 0 aromatic carbocycles. The molecule has 0 aromatic rings. The van der Waals surface area contributed by atoms with Crippen molar-refractivity contribution in [3.8, 4) is 0 Å². The van der Waals surface area contributed by atoms with E-state index in [1.807, 2.05) is 0 Å². The van der Waals surface area contributed by atoms with Crippen LogP contribution in [0.3, 0.4) is 0 Å². The quantitative estimate of drug-likeness (QED) is 0.605. The van der Waals surface area contributed by atoms with Crippen LogP contribution >= 0.6 is 11.8 Å².